The van der Waals surface area contributed by atoms with Crippen LogP contribution in [0, 0.1) is 29.6 Å². The maximum absolute atomic E-state index is 9.42. The summed E-state index contributed by atoms with van der Waals surface area (Å²) in [6.07, 6.45) is 3.36. The topological polar surface area (TPSA) is 72.6 Å². The first-order valence-corrected chi connectivity index (χ1v) is 7.92. The number of aryl methyl sites for hydroxylation is 1. The molecule has 2 rings (SSSR count). The monoisotopic (exact) mass is 306 g/mol. The summed E-state index contributed by atoms with van der Waals surface area (Å²) in [5.74, 6) is 0.703. The Morgan fingerprint density at radius 1 is 1.22 bits per heavy atom. The van der Waals surface area contributed by atoms with E-state index in [1.165, 1.54) is 5.56 Å². The molecule has 0 saturated carbocycles. The summed E-state index contributed by atoms with van der Waals surface area (Å²) in [4.78, 5) is 4.37. The van der Waals surface area contributed by atoms with Gasteiger partial charge in [-0.2, -0.15) is 5.26 Å². The second-order valence-corrected chi connectivity index (χ2v) is 5.61. The average molecular weight is 306 g/mol. The van der Waals surface area contributed by atoms with Crippen LogP contribution in [0.25, 0.3) is 0 Å². The van der Waals surface area contributed by atoms with Gasteiger partial charge in [-0.1, -0.05) is 31.5 Å². The molecule has 0 unspecified atom stereocenters. The minimum absolute atomic E-state index is 0.130. The van der Waals surface area contributed by atoms with Crippen LogP contribution in [0.4, 0.5) is 11.5 Å². The molecule has 0 atom stereocenters. The zero-order valence-corrected chi connectivity index (χ0v) is 13.9. The maximum Gasteiger partial charge on any atom is 0.140 e. The standard InChI is InChI=1S/C19H22N4/c1-4-14(5-2)18(21)17-15(12-20)10-11-22-19(17)23-16-8-6-13(3)7-9-16/h6-11,14,21H,4-5H2,1-3H3,(H,22,23). The highest BCUT2D eigenvalue weighted by Gasteiger charge is 2.20. The van der Waals surface area contributed by atoms with Crippen LogP contribution in [-0.4, -0.2) is 10.7 Å². The van der Waals surface area contributed by atoms with E-state index in [2.05, 4.69) is 30.2 Å². The third-order valence-corrected chi connectivity index (χ3v) is 4.05. The van der Waals surface area contributed by atoms with E-state index in [1.54, 1.807) is 12.3 Å². The lowest BCUT2D eigenvalue weighted by Crippen LogP contribution is -2.17. The minimum Gasteiger partial charge on any atom is -0.340 e. The fourth-order valence-electron chi connectivity index (χ4n) is 2.60. The van der Waals surface area contributed by atoms with Gasteiger partial charge >= 0.3 is 0 Å². The average Bonchev–Trinajstić information content (AvgIpc) is 2.57. The van der Waals surface area contributed by atoms with Crippen molar-refractivity contribution in [2.75, 3.05) is 5.32 Å². The Morgan fingerprint density at radius 2 is 1.87 bits per heavy atom. The van der Waals surface area contributed by atoms with Crippen molar-refractivity contribution in [3.05, 3.63) is 53.2 Å². The number of hydrogen-bond acceptors (Lipinski definition) is 4. The maximum atomic E-state index is 9.42. The van der Waals surface area contributed by atoms with Crippen molar-refractivity contribution < 1.29 is 0 Å². The minimum atomic E-state index is 0.130. The molecule has 4 heteroatoms. The van der Waals surface area contributed by atoms with Crippen molar-refractivity contribution in [2.45, 2.75) is 33.6 Å². The van der Waals surface area contributed by atoms with Gasteiger partial charge < -0.3 is 10.7 Å². The van der Waals surface area contributed by atoms with E-state index in [0.717, 1.165) is 18.5 Å². The van der Waals surface area contributed by atoms with E-state index in [9.17, 15) is 5.26 Å². The van der Waals surface area contributed by atoms with Gasteiger partial charge in [-0.25, -0.2) is 4.98 Å². The molecule has 2 aromatic rings. The van der Waals surface area contributed by atoms with Crippen molar-refractivity contribution in [1.82, 2.24) is 4.98 Å². The van der Waals surface area contributed by atoms with Crippen LogP contribution < -0.4 is 5.32 Å². The zero-order chi connectivity index (χ0) is 16.8. The largest absolute Gasteiger partial charge is 0.340 e. The number of nitriles is 1. The summed E-state index contributed by atoms with van der Waals surface area (Å²) in [5.41, 5.74) is 3.67. The van der Waals surface area contributed by atoms with Gasteiger partial charge in [-0.05, 0) is 38.0 Å². The lowest BCUT2D eigenvalue weighted by atomic mass is 9.90. The smallest absolute Gasteiger partial charge is 0.140 e. The molecule has 2 N–H and O–H groups in total. The Kier molecular flexibility index (Phi) is 5.48. The van der Waals surface area contributed by atoms with Gasteiger partial charge in [0.15, 0.2) is 0 Å². The Labute approximate surface area is 137 Å². The van der Waals surface area contributed by atoms with E-state index < -0.39 is 0 Å². The van der Waals surface area contributed by atoms with Crippen LogP contribution in [0.5, 0.6) is 0 Å². The van der Waals surface area contributed by atoms with Crippen LogP contribution in [0.15, 0.2) is 36.5 Å². The predicted octanol–water partition coefficient (Wildman–Crippen LogP) is 4.81. The molecular formula is C19H22N4. The molecule has 0 radical (unpaired) electrons. The SMILES string of the molecule is CCC(CC)C(=N)c1c(C#N)ccnc1Nc1ccc(C)cc1. The third kappa shape index (κ3) is 3.75. The molecule has 0 saturated heterocycles. The molecule has 23 heavy (non-hydrogen) atoms. The molecule has 0 aliphatic rings. The second kappa shape index (κ2) is 7.55. The molecule has 0 spiro atoms. The normalized spacial score (nSPS) is 10.4. The first kappa shape index (κ1) is 16.7. The summed E-state index contributed by atoms with van der Waals surface area (Å²) in [6, 6.07) is 11.8. The molecule has 1 aromatic heterocycles. The van der Waals surface area contributed by atoms with E-state index in [4.69, 9.17) is 5.41 Å². The van der Waals surface area contributed by atoms with Gasteiger partial charge in [-0.15, -0.1) is 0 Å². The predicted molar refractivity (Wildman–Crippen MR) is 94.3 cm³/mol. The van der Waals surface area contributed by atoms with Crippen molar-refractivity contribution >= 4 is 17.2 Å². The lowest BCUT2D eigenvalue weighted by molar-refractivity contribution is 0.640. The van der Waals surface area contributed by atoms with E-state index in [-0.39, 0.29) is 5.92 Å². The number of nitrogens with one attached hydrogen (secondary N) is 2. The fourth-order valence-corrected chi connectivity index (χ4v) is 2.60. The highest BCUT2D eigenvalue weighted by molar-refractivity contribution is 6.06. The number of aromatic nitrogens is 1. The van der Waals surface area contributed by atoms with Gasteiger partial charge in [0.1, 0.15) is 11.9 Å². The van der Waals surface area contributed by atoms with Crippen LogP contribution >= 0.6 is 0 Å². The van der Waals surface area contributed by atoms with Gasteiger partial charge in [0.2, 0.25) is 0 Å². The van der Waals surface area contributed by atoms with Gasteiger partial charge in [0.25, 0.3) is 0 Å². The third-order valence-electron chi connectivity index (χ3n) is 4.05. The number of pyridine rings is 1. The van der Waals surface area contributed by atoms with Crippen molar-refractivity contribution in [1.29, 1.82) is 10.7 Å². The summed E-state index contributed by atoms with van der Waals surface area (Å²) >= 11 is 0. The molecule has 0 fully saturated rings. The molecule has 4 nitrogen and oxygen atoms in total. The van der Waals surface area contributed by atoms with Crippen LogP contribution in [0.3, 0.4) is 0 Å². The Balaban J connectivity index is 2.45. The molecular weight excluding hydrogens is 284 g/mol. The first-order chi connectivity index (χ1) is 11.1. The van der Waals surface area contributed by atoms with Crippen LogP contribution in [-0.2, 0) is 0 Å². The molecule has 0 amide bonds. The summed E-state index contributed by atoms with van der Waals surface area (Å²) < 4.78 is 0. The number of hydrogen-bond donors (Lipinski definition) is 2. The number of benzene rings is 1. The summed E-state index contributed by atoms with van der Waals surface area (Å²) in [5, 5.41) is 21.2. The second-order valence-electron chi connectivity index (χ2n) is 5.61. The lowest BCUT2D eigenvalue weighted by Gasteiger charge is -2.18. The molecule has 1 heterocycles. The molecule has 0 bridgehead atoms. The number of anilines is 2. The van der Waals surface area contributed by atoms with E-state index >= 15 is 0 Å². The highest BCUT2D eigenvalue weighted by atomic mass is 15.0. The molecule has 118 valence electrons. The van der Waals surface area contributed by atoms with Crippen LogP contribution in [0.1, 0.15) is 43.4 Å². The first-order valence-electron chi connectivity index (χ1n) is 7.92. The quantitative estimate of drug-likeness (QED) is 0.752. The van der Waals surface area contributed by atoms with Crippen molar-refractivity contribution in [2.24, 2.45) is 5.92 Å². The summed E-state index contributed by atoms with van der Waals surface area (Å²) in [6.45, 7) is 6.17. The van der Waals surface area contributed by atoms with Crippen molar-refractivity contribution in [3.63, 3.8) is 0 Å². The van der Waals surface area contributed by atoms with E-state index in [0.29, 0.717) is 22.7 Å². The van der Waals surface area contributed by atoms with Crippen molar-refractivity contribution in [3.8, 4) is 6.07 Å². The van der Waals surface area contributed by atoms with Gasteiger partial charge in [0, 0.05) is 23.5 Å². The molecule has 0 aliphatic heterocycles. The molecule has 1 aromatic carbocycles. The number of nitrogens with zero attached hydrogens (tertiary/aromatic N) is 2. The fraction of sp³-hybridized carbons (Fsp3) is 0.316. The Bertz CT molecular complexity index is 722. The van der Waals surface area contributed by atoms with Gasteiger partial charge in [0.05, 0.1) is 11.1 Å². The Hall–Kier alpha value is -2.67. The van der Waals surface area contributed by atoms with Crippen LogP contribution in [0.2, 0.25) is 0 Å². The number of rotatable bonds is 6. The van der Waals surface area contributed by atoms with Gasteiger partial charge in [-0.3, -0.25) is 0 Å². The van der Waals surface area contributed by atoms with E-state index in [1.807, 2.05) is 31.2 Å². The Morgan fingerprint density at radius 3 is 2.43 bits per heavy atom. The zero-order valence-electron chi connectivity index (χ0n) is 13.9. The molecule has 0 aliphatic carbocycles. The summed E-state index contributed by atoms with van der Waals surface area (Å²) in [7, 11) is 0. The highest BCUT2D eigenvalue weighted by Crippen LogP contribution is 2.26.